The van der Waals surface area contributed by atoms with Crippen LogP contribution in [0.5, 0.6) is 0 Å². The molecule has 4 heteroatoms. The number of hydrogen-bond acceptors (Lipinski definition) is 4. The molecule has 1 rings (SSSR count). The van der Waals surface area contributed by atoms with Gasteiger partial charge in [-0.05, 0) is 34.1 Å². The Hall–Kier alpha value is -0.450. The summed E-state index contributed by atoms with van der Waals surface area (Å²) in [5, 5.41) is 1.04. The molecule has 0 saturated heterocycles. The zero-order valence-electron chi connectivity index (χ0n) is 10.8. The molecule has 92 valence electrons. The Morgan fingerprint density at radius 2 is 2.12 bits per heavy atom. The number of hydrogen-bond donors (Lipinski definition) is 1. The molecule has 0 radical (unpaired) electrons. The maximum Gasteiger partial charge on any atom is 0.125 e. The van der Waals surface area contributed by atoms with Crippen LogP contribution in [0.25, 0.3) is 0 Å². The van der Waals surface area contributed by atoms with Crippen LogP contribution in [0.3, 0.4) is 0 Å². The van der Waals surface area contributed by atoms with Gasteiger partial charge in [0.25, 0.3) is 0 Å². The van der Waals surface area contributed by atoms with Gasteiger partial charge in [0.05, 0.1) is 5.69 Å². The lowest BCUT2D eigenvalue weighted by atomic mass is 10.0. The van der Waals surface area contributed by atoms with Crippen molar-refractivity contribution in [3.63, 3.8) is 0 Å². The standard InChI is InChI=1S/C12H22N2OS/c1-6-12(5,15-7-2)11-14-9(4)10(16-11)8(3)13/h8H,6-7,13H2,1-5H3. The van der Waals surface area contributed by atoms with Gasteiger partial charge in [-0.3, -0.25) is 0 Å². The second kappa shape index (κ2) is 5.25. The number of rotatable bonds is 5. The molecule has 0 aliphatic carbocycles. The molecule has 2 atom stereocenters. The highest BCUT2D eigenvalue weighted by molar-refractivity contribution is 7.12. The molecule has 0 aromatic carbocycles. The maximum absolute atomic E-state index is 5.92. The molecule has 0 aliphatic heterocycles. The molecule has 2 unspecified atom stereocenters. The van der Waals surface area contributed by atoms with E-state index < -0.39 is 0 Å². The molecular formula is C12H22N2OS. The Morgan fingerprint density at radius 3 is 2.50 bits per heavy atom. The van der Waals surface area contributed by atoms with Crippen molar-refractivity contribution >= 4 is 11.3 Å². The first kappa shape index (κ1) is 13.6. The molecule has 0 aliphatic rings. The van der Waals surface area contributed by atoms with Gasteiger partial charge in [-0.2, -0.15) is 0 Å². The molecule has 2 N–H and O–H groups in total. The van der Waals surface area contributed by atoms with Crippen molar-refractivity contribution in [2.45, 2.75) is 52.7 Å². The largest absolute Gasteiger partial charge is 0.368 e. The Kier molecular flexibility index (Phi) is 4.47. The third-order valence-electron chi connectivity index (χ3n) is 2.84. The van der Waals surface area contributed by atoms with Crippen LogP contribution in [0.4, 0.5) is 0 Å². The average Bonchev–Trinajstić information content (AvgIpc) is 2.61. The van der Waals surface area contributed by atoms with E-state index in [1.165, 1.54) is 0 Å². The van der Waals surface area contributed by atoms with Crippen LogP contribution < -0.4 is 5.73 Å². The first-order valence-corrected chi connectivity index (χ1v) is 6.63. The number of aromatic nitrogens is 1. The minimum absolute atomic E-state index is 0.0500. The second-order valence-electron chi connectivity index (χ2n) is 4.27. The lowest BCUT2D eigenvalue weighted by molar-refractivity contribution is -0.0325. The highest BCUT2D eigenvalue weighted by atomic mass is 32.1. The SMILES string of the molecule is CCOC(C)(CC)c1nc(C)c(C(C)N)s1. The van der Waals surface area contributed by atoms with E-state index in [1.54, 1.807) is 11.3 Å². The molecule has 1 aromatic rings. The highest BCUT2D eigenvalue weighted by Gasteiger charge is 2.29. The molecule has 0 saturated carbocycles. The lowest BCUT2D eigenvalue weighted by Crippen LogP contribution is -2.24. The van der Waals surface area contributed by atoms with Crippen molar-refractivity contribution < 1.29 is 4.74 Å². The summed E-state index contributed by atoms with van der Waals surface area (Å²) in [5.74, 6) is 0. The van der Waals surface area contributed by atoms with Crippen LogP contribution in [0.2, 0.25) is 0 Å². The highest BCUT2D eigenvalue weighted by Crippen LogP contribution is 2.35. The predicted octanol–water partition coefficient (Wildman–Crippen LogP) is 3.13. The number of aryl methyl sites for hydroxylation is 1. The van der Waals surface area contributed by atoms with E-state index >= 15 is 0 Å². The summed E-state index contributed by atoms with van der Waals surface area (Å²) in [4.78, 5) is 5.77. The number of nitrogens with two attached hydrogens (primary N) is 1. The number of thiazole rings is 1. The van der Waals surface area contributed by atoms with E-state index in [4.69, 9.17) is 10.5 Å². The molecule has 1 heterocycles. The second-order valence-corrected chi connectivity index (χ2v) is 5.31. The van der Waals surface area contributed by atoms with Gasteiger partial charge in [-0.15, -0.1) is 11.3 Å². The van der Waals surface area contributed by atoms with E-state index in [1.807, 2.05) is 20.8 Å². The zero-order valence-corrected chi connectivity index (χ0v) is 11.6. The van der Waals surface area contributed by atoms with E-state index in [0.29, 0.717) is 6.61 Å². The Labute approximate surface area is 102 Å². The molecule has 1 aromatic heterocycles. The van der Waals surface area contributed by atoms with Crippen molar-refractivity contribution in [1.82, 2.24) is 4.98 Å². The number of nitrogens with zero attached hydrogens (tertiary/aromatic N) is 1. The van der Waals surface area contributed by atoms with E-state index in [0.717, 1.165) is 22.0 Å². The fourth-order valence-electron chi connectivity index (χ4n) is 1.69. The van der Waals surface area contributed by atoms with Crippen molar-refractivity contribution in [3.05, 3.63) is 15.6 Å². The van der Waals surface area contributed by atoms with Crippen molar-refractivity contribution in [3.8, 4) is 0 Å². The minimum Gasteiger partial charge on any atom is -0.368 e. The predicted molar refractivity (Wildman–Crippen MR) is 68.7 cm³/mol. The molecule has 0 amide bonds. The van der Waals surface area contributed by atoms with Crippen LogP contribution in [-0.4, -0.2) is 11.6 Å². The normalized spacial score (nSPS) is 17.1. The molecule has 16 heavy (non-hydrogen) atoms. The van der Waals surface area contributed by atoms with Crippen LogP contribution in [0.1, 0.15) is 55.7 Å². The molecule has 0 spiro atoms. The Bertz CT molecular complexity index is 349. The van der Waals surface area contributed by atoms with Crippen LogP contribution in [0.15, 0.2) is 0 Å². The third kappa shape index (κ3) is 2.62. The first-order valence-electron chi connectivity index (χ1n) is 5.82. The maximum atomic E-state index is 5.92. The van der Waals surface area contributed by atoms with Gasteiger partial charge in [-0.1, -0.05) is 6.92 Å². The van der Waals surface area contributed by atoms with Gasteiger partial charge in [0.1, 0.15) is 10.6 Å². The summed E-state index contributed by atoms with van der Waals surface area (Å²) in [7, 11) is 0. The van der Waals surface area contributed by atoms with Crippen molar-refractivity contribution in [2.75, 3.05) is 6.61 Å². The summed E-state index contributed by atoms with van der Waals surface area (Å²) in [6, 6.07) is 0.0500. The summed E-state index contributed by atoms with van der Waals surface area (Å²) in [5.41, 5.74) is 6.69. The van der Waals surface area contributed by atoms with Gasteiger partial charge < -0.3 is 10.5 Å². The van der Waals surface area contributed by atoms with Gasteiger partial charge in [0, 0.05) is 17.5 Å². The quantitative estimate of drug-likeness (QED) is 0.863. The first-order chi connectivity index (χ1) is 7.44. The Morgan fingerprint density at radius 1 is 1.50 bits per heavy atom. The van der Waals surface area contributed by atoms with Crippen LogP contribution in [0, 0.1) is 6.92 Å². The van der Waals surface area contributed by atoms with Crippen molar-refractivity contribution in [2.24, 2.45) is 5.73 Å². The lowest BCUT2D eigenvalue weighted by Gasteiger charge is -2.25. The summed E-state index contributed by atoms with van der Waals surface area (Å²) in [6.07, 6.45) is 0.923. The van der Waals surface area contributed by atoms with Crippen LogP contribution >= 0.6 is 11.3 Å². The summed E-state index contributed by atoms with van der Waals surface area (Å²) >= 11 is 1.68. The fraction of sp³-hybridized carbons (Fsp3) is 0.750. The summed E-state index contributed by atoms with van der Waals surface area (Å²) in [6.45, 7) is 10.9. The topological polar surface area (TPSA) is 48.1 Å². The number of ether oxygens (including phenoxy) is 1. The molecule has 0 fully saturated rings. The molecule has 0 bridgehead atoms. The third-order valence-corrected chi connectivity index (χ3v) is 4.44. The zero-order chi connectivity index (χ0) is 12.3. The monoisotopic (exact) mass is 242 g/mol. The van der Waals surface area contributed by atoms with Crippen molar-refractivity contribution in [1.29, 1.82) is 0 Å². The molecular weight excluding hydrogens is 220 g/mol. The van der Waals surface area contributed by atoms with Gasteiger partial charge in [0.2, 0.25) is 0 Å². The molecule has 3 nitrogen and oxygen atoms in total. The van der Waals surface area contributed by atoms with Gasteiger partial charge >= 0.3 is 0 Å². The van der Waals surface area contributed by atoms with E-state index in [-0.39, 0.29) is 11.6 Å². The summed E-state index contributed by atoms with van der Waals surface area (Å²) < 4.78 is 5.82. The van der Waals surface area contributed by atoms with E-state index in [9.17, 15) is 0 Å². The smallest absolute Gasteiger partial charge is 0.125 e. The van der Waals surface area contributed by atoms with Gasteiger partial charge in [0.15, 0.2) is 0 Å². The Balaban J connectivity index is 3.07. The van der Waals surface area contributed by atoms with E-state index in [2.05, 4.69) is 18.8 Å². The van der Waals surface area contributed by atoms with Gasteiger partial charge in [-0.25, -0.2) is 4.98 Å². The minimum atomic E-state index is -0.267. The average molecular weight is 242 g/mol. The van der Waals surface area contributed by atoms with Crippen LogP contribution in [-0.2, 0) is 10.3 Å². The fourth-order valence-corrected chi connectivity index (χ4v) is 2.88.